The summed E-state index contributed by atoms with van der Waals surface area (Å²) >= 11 is 0. The number of hydrogen-bond acceptors (Lipinski definition) is 5. The third-order valence-electron chi connectivity index (χ3n) is 6.80. The number of H-pyrrole nitrogens is 1. The Balaban J connectivity index is 1.47. The first-order valence-corrected chi connectivity index (χ1v) is 13.0. The average molecular weight is 541 g/mol. The summed E-state index contributed by atoms with van der Waals surface area (Å²) in [5, 5.41) is 8.60. The summed E-state index contributed by atoms with van der Waals surface area (Å²) in [6.07, 6.45) is 4.89. The predicted molar refractivity (Wildman–Crippen MR) is 156 cm³/mol. The Hall–Kier alpha value is -5.75. The van der Waals surface area contributed by atoms with Crippen LogP contribution in [0.4, 0.5) is 0 Å². The Morgan fingerprint density at radius 3 is 2.61 bits per heavy atom. The molecule has 41 heavy (non-hydrogen) atoms. The highest BCUT2D eigenvalue weighted by molar-refractivity contribution is 6.01. The van der Waals surface area contributed by atoms with Crippen LogP contribution < -0.4 is 16.4 Å². The number of hydrogen-bond donors (Lipinski definition) is 2. The van der Waals surface area contributed by atoms with Gasteiger partial charge in [-0.25, -0.2) is 9.50 Å². The van der Waals surface area contributed by atoms with E-state index < -0.39 is 6.04 Å². The molecule has 200 valence electrons. The summed E-state index contributed by atoms with van der Waals surface area (Å²) in [7, 11) is 0. The quantitative estimate of drug-likeness (QED) is 0.329. The minimum absolute atomic E-state index is 0.215. The molecule has 0 unspecified atom stereocenters. The van der Waals surface area contributed by atoms with Gasteiger partial charge in [-0.2, -0.15) is 5.10 Å². The Bertz CT molecular complexity index is 2110. The third kappa shape index (κ3) is 4.79. The molecule has 0 saturated carbocycles. The molecule has 0 aliphatic rings. The number of benzene rings is 2. The zero-order valence-electron chi connectivity index (χ0n) is 22.3. The first kappa shape index (κ1) is 25.5. The number of pyridine rings is 2. The lowest BCUT2D eigenvalue weighted by Gasteiger charge is -2.21. The van der Waals surface area contributed by atoms with E-state index in [1.165, 1.54) is 12.3 Å². The van der Waals surface area contributed by atoms with E-state index in [1.54, 1.807) is 46.6 Å². The highest BCUT2D eigenvalue weighted by atomic mass is 16.2. The maximum Gasteiger partial charge on any atom is 0.264 e. The summed E-state index contributed by atoms with van der Waals surface area (Å²) in [5.74, 6) is 5.78. The number of aryl methyl sites for hydroxylation is 1. The number of fused-ring (bicyclic) bond motifs is 2. The van der Waals surface area contributed by atoms with Gasteiger partial charge < -0.3 is 10.3 Å². The smallest absolute Gasteiger partial charge is 0.264 e. The molecule has 6 aromatic rings. The molecule has 0 fully saturated rings. The van der Waals surface area contributed by atoms with Crippen molar-refractivity contribution in [2.75, 3.05) is 0 Å². The fraction of sp³-hybridized carbons (Fsp3) is 0.0938. The number of aromatic amines is 1. The molecule has 0 saturated heterocycles. The molecule has 2 aromatic carbocycles. The van der Waals surface area contributed by atoms with Crippen molar-refractivity contribution in [2.45, 2.75) is 19.9 Å². The molecule has 0 radical (unpaired) electrons. The molecule has 9 nitrogen and oxygen atoms in total. The Labute approximate surface area is 234 Å². The van der Waals surface area contributed by atoms with Crippen LogP contribution in [-0.4, -0.2) is 30.1 Å². The second-order valence-corrected chi connectivity index (χ2v) is 9.55. The van der Waals surface area contributed by atoms with Crippen LogP contribution in [0.1, 0.15) is 45.8 Å². The molecular formula is C32H24N6O3. The van der Waals surface area contributed by atoms with Crippen molar-refractivity contribution in [3.8, 4) is 17.5 Å². The Morgan fingerprint density at radius 1 is 1.00 bits per heavy atom. The van der Waals surface area contributed by atoms with E-state index in [1.807, 2.05) is 55.5 Å². The summed E-state index contributed by atoms with van der Waals surface area (Å²) in [6.45, 7) is 3.60. The van der Waals surface area contributed by atoms with Crippen LogP contribution in [0.3, 0.4) is 0 Å². The molecule has 1 atom stereocenters. The van der Waals surface area contributed by atoms with Crippen LogP contribution in [0.25, 0.3) is 22.1 Å². The van der Waals surface area contributed by atoms with E-state index >= 15 is 0 Å². The summed E-state index contributed by atoms with van der Waals surface area (Å²) in [4.78, 5) is 46.0. The Kier molecular flexibility index (Phi) is 6.49. The van der Waals surface area contributed by atoms with Gasteiger partial charge in [0.1, 0.15) is 5.56 Å². The lowest BCUT2D eigenvalue weighted by Crippen LogP contribution is -2.32. The molecule has 2 N–H and O–H groups in total. The van der Waals surface area contributed by atoms with Gasteiger partial charge in [0, 0.05) is 47.2 Å². The third-order valence-corrected chi connectivity index (χ3v) is 6.80. The maximum absolute atomic E-state index is 14.2. The number of para-hydroxylation sites is 1. The van der Waals surface area contributed by atoms with Crippen molar-refractivity contribution < 1.29 is 4.79 Å². The van der Waals surface area contributed by atoms with Crippen molar-refractivity contribution in [1.29, 1.82) is 0 Å². The van der Waals surface area contributed by atoms with Gasteiger partial charge in [0.2, 0.25) is 5.56 Å². The first-order valence-electron chi connectivity index (χ1n) is 13.0. The summed E-state index contributed by atoms with van der Waals surface area (Å²) in [5.41, 5.74) is 3.36. The molecule has 1 amide bonds. The van der Waals surface area contributed by atoms with Crippen LogP contribution in [0.5, 0.6) is 0 Å². The van der Waals surface area contributed by atoms with Crippen LogP contribution >= 0.6 is 0 Å². The number of amides is 1. The van der Waals surface area contributed by atoms with Gasteiger partial charge in [0.15, 0.2) is 5.65 Å². The summed E-state index contributed by atoms with van der Waals surface area (Å²) < 4.78 is 3.18. The zero-order valence-corrected chi connectivity index (χ0v) is 22.3. The van der Waals surface area contributed by atoms with Gasteiger partial charge in [-0.15, -0.1) is 0 Å². The summed E-state index contributed by atoms with van der Waals surface area (Å²) in [6, 6.07) is 20.9. The maximum atomic E-state index is 14.2. The second-order valence-electron chi connectivity index (χ2n) is 9.55. The number of carbonyl (C=O) groups excluding carboxylic acids is 1. The molecule has 9 heteroatoms. The molecule has 0 bridgehead atoms. The van der Waals surface area contributed by atoms with E-state index in [-0.39, 0.29) is 17.0 Å². The molecule has 0 aliphatic carbocycles. The minimum atomic E-state index is -0.547. The Morgan fingerprint density at radius 2 is 1.83 bits per heavy atom. The second kappa shape index (κ2) is 10.4. The molecular weight excluding hydrogens is 516 g/mol. The van der Waals surface area contributed by atoms with Crippen molar-refractivity contribution in [3.63, 3.8) is 0 Å². The number of aromatic nitrogens is 5. The lowest BCUT2D eigenvalue weighted by atomic mass is 10.0. The fourth-order valence-electron chi connectivity index (χ4n) is 4.88. The fourth-order valence-corrected chi connectivity index (χ4v) is 4.88. The average Bonchev–Trinajstić information content (AvgIpc) is 3.32. The topological polar surface area (TPSA) is 114 Å². The van der Waals surface area contributed by atoms with Crippen LogP contribution in [-0.2, 0) is 0 Å². The molecule has 0 spiro atoms. The van der Waals surface area contributed by atoms with E-state index in [2.05, 4.69) is 32.2 Å². The van der Waals surface area contributed by atoms with Gasteiger partial charge >= 0.3 is 0 Å². The normalized spacial score (nSPS) is 11.7. The van der Waals surface area contributed by atoms with Gasteiger partial charge in [0.05, 0.1) is 17.1 Å². The van der Waals surface area contributed by atoms with Crippen LogP contribution in [0.2, 0.25) is 0 Å². The van der Waals surface area contributed by atoms with E-state index in [0.29, 0.717) is 50.2 Å². The number of nitrogens with one attached hydrogen (secondary N) is 2. The van der Waals surface area contributed by atoms with Gasteiger partial charge in [-0.1, -0.05) is 42.2 Å². The minimum Gasteiger partial charge on any atom is -0.344 e. The van der Waals surface area contributed by atoms with Crippen LogP contribution in [0.15, 0.2) is 101 Å². The van der Waals surface area contributed by atoms with Gasteiger partial charge in [0.25, 0.3) is 11.5 Å². The zero-order chi connectivity index (χ0) is 28.5. The molecule has 0 aliphatic heterocycles. The van der Waals surface area contributed by atoms with Crippen LogP contribution in [0, 0.1) is 18.8 Å². The number of carbonyl (C=O) groups is 1. The van der Waals surface area contributed by atoms with Crippen molar-refractivity contribution in [3.05, 3.63) is 140 Å². The number of rotatable bonds is 4. The highest BCUT2D eigenvalue weighted by Gasteiger charge is 2.23. The van der Waals surface area contributed by atoms with Crippen molar-refractivity contribution in [1.82, 2.24) is 29.5 Å². The standard InChI is InChI=1S/C32H24N6O3/c1-20(35-31(40)28-21(2)36-37-17-7-16-33-30(28)37)26-18-24-9-6-8-23(14-12-22-13-15-27(39)34-19-22)29(24)32(41)38(26)25-10-4-3-5-11-25/h3-11,13,15-20H,1-2H3,(H,34,39)(H,35,40)/t20-/m1/s1. The predicted octanol–water partition coefficient (Wildman–Crippen LogP) is 3.92. The monoisotopic (exact) mass is 540 g/mol. The SMILES string of the molecule is Cc1nn2cccnc2c1C(=O)N[C@H](C)c1cc2cccc(C#Cc3ccc(=O)[nH]c3)c2c(=O)n1-c1ccccc1. The molecule has 4 heterocycles. The van der Waals surface area contributed by atoms with Gasteiger partial charge in [-0.05, 0) is 55.6 Å². The van der Waals surface area contributed by atoms with E-state index in [4.69, 9.17) is 0 Å². The number of nitrogens with zero attached hydrogens (tertiary/aromatic N) is 4. The first-order chi connectivity index (χ1) is 19.9. The highest BCUT2D eigenvalue weighted by Crippen LogP contribution is 2.24. The lowest BCUT2D eigenvalue weighted by molar-refractivity contribution is 0.0939. The van der Waals surface area contributed by atoms with E-state index in [0.717, 1.165) is 0 Å². The largest absolute Gasteiger partial charge is 0.344 e. The van der Waals surface area contributed by atoms with E-state index in [9.17, 15) is 14.4 Å². The molecule has 4 aromatic heterocycles. The van der Waals surface area contributed by atoms with Crippen molar-refractivity contribution >= 4 is 22.3 Å². The van der Waals surface area contributed by atoms with Gasteiger partial charge in [-0.3, -0.25) is 19.0 Å². The molecule has 6 rings (SSSR count). The van der Waals surface area contributed by atoms with Crippen molar-refractivity contribution in [2.24, 2.45) is 0 Å².